The summed E-state index contributed by atoms with van der Waals surface area (Å²) in [6.07, 6.45) is -0.411. The summed E-state index contributed by atoms with van der Waals surface area (Å²) in [6, 6.07) is 24.9. The van der Waals surface area contributed by atoms with Gasteiger partial charge in [0.2, 0.25) is 11.8 Å². The second-order valence-electron chi connectivity index (χ2n) is 11.3. The number of hydrogen-bond donors (Lipinski definition) is 0. The van der Waals surface area contributed by atoms with E-state index >= 15 is 0 Å². The first-order chi connectivity index (χ1) is 20.1. The number of thiazole rings is 1. The zero-order valence-corrected chi connectivity index (χ0v) is 25.1. The maximum Gasteiger partial charge on any atom is 0.410 e. The standard InChI is InChI=1S/C31H30N4O5S2/c1-31(2,3)40-30(36)35-17-23(18-35)27-33-34-28(39-27)26(42(37,38)19-20-10-6-4-7-11-20)29-32-24-15-14-22(16-25(24)41-29)21-12-8-5-9-13-21/h4-16,23,26H,17-19H2,1-3H3. The van der Waals surface area contributed by atoms with E-state index in [1.165, 1.54) is 11.3 Å². The molecular weight excluding hydrogens is 572 g/mol. The van der Waals surface area contributed by atoms with Crippen LogP contribution < -0.4 is 0 Å². The highest BCUT2D eigenvalue weighted by molar-refractivity contribution is 7.91. The molecule has 9 nitrogen and oxygen atoms in total. The first-order valence-corrected chi connectivity index (χ1v) is 16.1. The van der Waals surface area contributed by atoms with Gasteiger partial charge >= 0.3 is 6.09 Å². The molecule has 1 unspecified atom stereocenters. The lowest BCUT2D eigenvalue weighted by Gasteiger charge is -2.37. The second kappa shape index (κ2) is 11.0. The maximum absolute atomic E-state index is 14.0. The van der Waals surface area contributed by atoms with E-state index in [-0.39, 0.29) is 23.5 Å². The Kier molecular flexibility index (Phi) is 7.32. The number of likely N-dealkylation sites (tertiary alicyclic amines) is 1. The number of ether oxygens (including phenoxy) is 1. The van der Waals surface area contributed by atoms with Crippen LogP contribution in [0.4, 0.5) is 4.79 Å². The predicted octanol–water partition coefficient (Wildman–Crippen LogP) is 6.39. The monoisotopic (exact) mass is 602 g/mol. The molecule has 3 heterocycles. The summed E-state index contributed by atoms with van der Waals surface area (Å²) in [7, 11) is -3.87. The van der Waals surface area contributed by atoms with Crippen LogP contribution in [0.15, 0.2) is 83.3 Å². The van der Waals surface area contributed by atoms with Crippen molar-refractivity contribution in [3.05, 3.63) is 101 Å². The van der Waals surface area contributed by atoms with E-state index in [9.17, 15) is 13.2 Å². The van der Waals surface area contributed by atoms with Crippen molar-refractivity contribution < 1.29 is 22.4 Å². The van der Waals surface area contributed by atoms with Crippen LogP contribution in [0.2, 0.25) is 0 Å². The van der Waals surface area contributed by atoms with Crippen LogP contribution in [0.3, 0.4) is 0 Å². The number of rotatable bonds is 7. The van der Waals surface area contributed by atoms with E-state index in [0.717, 1.165) is 15.8 Å². The van der Waals surface area contributed by atoms with Gasteiger partial charge in [0.1, 0.15) is 10.6 Å². The predicted molar refractivity (Wildman–Crippen MR) is 161 cm³/mol. The lowest BCUT2D eigenvalue weighted by atomic mass is 10.0. The molecular formula is C31H30N4O5S2. The molecule has 42 heavy (non-hydrogen) atoms. The fourth-order valence-electron chi connectivity index (χ4n) is 4.80. The summed E-state index contributed by atoms with van der Waals surface area (Å²) in [4.78, 5) is 18.7. The van der Waals surface area contributed by atoms with Crippen molar-refractivity contribution in [2.45, 2.75) is 43.3 Å². The first kappa shape index (κ1) is 28.0. The van der Waals surface area contributed by atoms with Crippen molar-refractivity contribution in [1.29, 1.82) is 0 Å². The molecule has 1 atom stereocenters. The van der Waals surface area contributed by atoms with Gasteiger partial charge in [0, 0.05) is 13.1 Å². The Morgan fingerprint density at radius 1 is 1.00 bits per heavy atom. The normalized spacial score (nSPS) is 15.0. The first-order valence-electron chi connectivity index (χ1n) is 13.6. The SMILES string of the molecule is CC(C)(C)OC(=O)N1CC(c2nnc(C(c3nc4ccc(-c5ccccc5)cc4s3)S(=O)(=O)Cc3ccccc3)o2)C1. The number of aromatic nitrogens is 3. The lowest BCUT2D eigenvalue weighted by molar-refractivity contribution is 0.00598. The minimum atomic E-state index is -3.87. The molecule has 0 bridgehead atoms. The van der Waals surface area contributed by atoms with Crippen LogP contribution in [0, 0.1) is 0 Å². The van der Waals surface area contributed by atoms with Crippen LogP contribution in [-0.2, 0) is 20.3 Å². The molecule has 0 N–H and O–H groups in total. The zero-order valence-electron chi connectivity index (χ0n) is 23.4. The van der Waals surface area contributed by atoms with E-state index in [1.54, 1.807) is 29.2 Å². The van der Waals surface area contributed by atoms with Gasteiger partial charge in [0.25, 0.3) is 0 Å². The average Bonchev–Trinajstić information content (AvgIpc) is 3.54. The minimum Gasteiger partial charge on any atom is -0.444 e. The molecule has 1 aliphatic rings. The van der Waals surface area contributed by atoms with E-state index in [4.69, 9.17) is 14.1 Å². The van der Waals surface area contributed by atoms with Crippen LogP contribution in [0.25, 0.3) is 21.3 Å². The van der Waals surface area contributed by atoms with Gasteiger partial charge in [-0.3, -0.25) is 0 Å². The minimum absolute atomic E-state index is 0.0287. The molecule has 1 fully saturated rings. The fourth-order valence-corrected chi connectivity index (χ4v) is 7.95. The quantitative estimate of drug-likeness (QED) is 0.211. The van der Waals surface area contributed by atoms with Crippen LogP contribution in [-0.4, -0.2) is 53.3 Å². The number of amides is 1. The number of carbonyl (C=O) groups is 1. The fraction of sp³-hybridized carbons (Fsp3) is 0.290. The summed E-state index contributed by atoms with van der Waals surface area (Å²) in [5.41, 5.74) is 2.83. The maximum atomic E-state index is 14.0. The number of fused-ring (bicyclic) bond motifs is 1. The highest BCUT2D eigenvalue weighted by atomic mass is 32.2. The molecule has 11 heteroatoms. The van der Waals surface area contributed by atoms with Gasteiger partial charge in [-0.05, 0) is 49.6 Å². The topological polar surface area (TPSA) is 115 Å². The lowest BCUT2D eigenvalue weighted by Crippen LogP contribution is -2.50. The Morgan fingerprint density at radius 3 is 2.38 bits per heavy atom. The molecule has 1 saturated heterocycles. The zero-order chi connectivity index (χ0) is 29.5. The highest BCUT2D eigenvalue weighted by Crippen LogP contribution is 2.39. The molecule has 3 aromatic carbocycles. The van der Waals surface area contributed by atoms with Crippen molar-refractivity contribution in [1.82, 2.24) is 20.1 Å². The number of benzene rings is 3. The van der Waals surface area contributed by atoms with Gasteiger partial charge < -0.3 is 14.1 Å². The molecule has 0 spiro atoms. The molecule has 0 radical (unpaired) electrons. The van der Waals surface area contributed by atoms with Crippen molar-refractivity contribution in [3.8, 4) is 11.1 Å². The Balaban J connectivity index is 1.32. The van der Waals surface area contributed by atoms with Crippen molar-refractivity contribution in [2.75, 3.05) is 13.1 Å². The van der Waals surface area contributed by atoms with Gasteiger partial charge in [-0.2, -0.15) is 0 Å². The molecule has 216 valence electrons. The number of carbonyl (C=O) groups excluding carboxylic acids is 1. The Labute approximate surface area is 248 Å². The molecule has 2 aromatic heterocycles. The van der Waals surface area contributed by atoms with E-state index in [0.29, 0.717) is 29.2 Å². The van der Waals surface area contributed by atoms with Gasteiger partial charge in [-0.25, -0.2) is 18.2 Å². The molecule has 0 saturated carbocycles. The molecule has 0 aliphatic carbocycles. The third-order valence-electron chi connectivity index (χ3n) is 6.87. The molecule has 5 aromatic rings. The Bertz CT molecular complexity index is 1820. The summed E-state index contributed by atoms with van der Waals surface area (Å²) in [5, 5.41) is 7.53. The van der Waals surface area contributed by atoms with Crippen molar-refractivity contribution in [3.63, 3.8) is 0 Å². The summed E-state index contributed by atoms with van der Waals surface area (Å²) < 4.78 is 40.3. The van der Waals surface area contributed by atoms with Gasteiger partial charge in [-0.1, -0.05) is 66.7 Å². The van der Waals surface area contributed by atoms with Crippen LogP contribution >= 0.6 is 11.3 Å². The van der Waals surface area contributed by atoms with Gasteiger partial charge in [0.15, 0.2) is 15.1 Å². The Morgan fingerprint density at radius 2 is 1.69 bits per heavy atom. The van der Waals surface area contributed by atoms with Crippen LogP contribution in [0.5, 0.6) is 0 Å². The summed E-state index contributed by atoms with van der Waals surface area (Å²) >= 11 is 1.31. The average molecular weight is 603 g/mol. The molecule has 1 aliphatic heterocycles. The highest BCUT2D eigenvalue weighted by Gasteiger charge is 2.41. The number of nitrogens with zero attached hydrogens (tertiary/aromatic N) is 4. The van der Waals surface area contributed by atoms with Gasteiger partial charge in [-0.15, -0.1) is 21.5 Å². The summed E-state index contributed by atoms with van der Waals surface area (Å²) in [5.74, 6) is -0.159. The molecule has 6 rings (SSSR count). The van der Waals surface area contributed by atoms with Crippen molar-refractivity contribution in [2.24, 2.45) is 0 Å². The third-order valence-corrected chi connectivity index (χ3v) is 9.98. The van der Waals surface area contributed by atoms with E-state index in [1.807, 2.05) is 75.4 Å². The van der Waals surface area contributed by atoms with E-state index in [2.05, 4.69) is 10.2 Å². The van der Waals surface area contributed by atoms with Crippen molar-refractivity contribution >= 4 is 37.5 Å². The Hall–Kier alpha value is -4.09. The number of hydrogen-bond acceptors (Lipinski definition) is 9. The number of sulfone groups is 1. The largest absolute Gasteiger partial charge is 0.444 e. The smallest absolute Gasteiger partial charge is 0.410 e. The van der Waals surface area contributed by atoms with Gasteiger partial charge in [0.05, 0.1) is 21.9 Å². The summed E-state index contributed by atoms with van der Waals surface area (Å²) in [6.45, 7) is 6.13. The van der Waals surface area contributed by atoms with Crippen LogP contribution in [0.1, 0.15) is 54.3 Å². The third kappa shape index (κ3) is 5.93. The molecule has 1 amide bonds. The second-order valence-corrected chi connectivity index (χ2v) is 14.5. The van der Waals surface area contributed by atoms with E-state index < -0.39 is 26.8 Å².